The van der Waals surface area contributed by atoms with E-state index in [0.29, 0.717) is 52.3 Å². The van der Waals surface area contributed by atoms with Crippen molar-refractivity contribution in [2.45, 2.75) is 37.9 Å². The second-order valence-electron chi connectivity index (χ2n) is 13.9. The molecule has 9 nitrogen and oxygen atoms in total. The number of benzene rings is 3. The highest BCUT2D eigenvalue weighted by molar-refractivity contribution is 6.21. The first-order chi connectivity index (χ1) is 22.4. The van der Waals surface area contributed by atoms with Gasteiger partial charge in [0.2, 0.25) is 0 Å². The Bertz CT molecular complexity index is 2140. The first kappa shape index (κ1) is 26.3. The fourth-order valence-electron chi connectivity index (χ4n) is 9.19. The van der Waals surface area contributed by atoms with E-state index in [1.807, 2.05) is 24.1 Å². The molecule has 5 aromatic rings. The molecule has 10 rings (SSSR count). The summed E-state index contributed by atoms with van der Waals surface area (Å²) in [5, 5.41) is 1.18. The van der Waals surface area contributed by atoms with Gasteiger partial charge in [-0.2, -0.15) is 0 Å². The van der Waals surface area contributed by atoms with Crippen LogP contribution in [0.3, 0.4) is 0 Å². The predicted molar refractivity (Wildman–Crippen MR) is 172 cm³/mol. The number of likely N-dealkylation sites (tertiary alicyclic amines) is 1. The number of hydrogen-bond donors (Lipinski definition) is 0. The normalized spacial score (nSPS) is 26.0. The minimum absolute atomic E-state index is 0.102. The maximum absolute atomic E-state index is 14.4. The van der Waals surface area contributed by atoms with Crippen LogP contribution in [0.15, 0.2) is 66.7 Å². The molecule has 2 aliphatic heterocycles. The summed E-state index contributed by atoms with van der Waals surface area (Å²) < 4.78 is 10.4. The van der Waals surface area contributed by atoms with Gasteiger partial charge in [0.05, 0.1) is 41.5 Å². The zero-order chi connectivity index (χ0) is 31.0. The summed E-state index contributed by atoms with van der Waals surface area (Å²) in [5.74, 6) is 2.53. The molecule has 5 aliphatic rings. The largest absolute Gasteiger partial charge is 0.494 e. The van der Waals surface area contributed by atoms with Crippen LogP contribution in [0.2, 0.25) is 0 Å². The zero-order valence-corrected chi connectivity index (χ0v) is 25.7. The van der Waals surface area contributed by atoms with Crippen LogP contribution < -0.4 is 4.74 Å². The average Bonchev–Trinajstić information content (AvgIpc) is 3.64. The van der Waals surface area contributed by atoms with E-state index in [1.165, 1.54) is 28.6 Å². The van der Waals surface area contributed by atoms with Gasteiger partial charge >= 0.3 is 0 Å². The van der Waals surface area contributed by atoms with Crippen LogP contribution in [-0.4, -0.2) is 67.4 Å². The lowest BCUT2D eigenvalue weighted by molar-refractivity contribution is -0.0916. The van der Waals surface area contributed by atoms with Gasteiger partial charge in [-0.25, -0.2) is 4.98 Å². The van der Waals surface area contributed by atoms with E-state index in [1.54, 1.807) is 31.4 Å². The minimum atomic E-state index is -0.291. The molecule has 3 saturated carbocycles. The molecule has 3 amide bonds. The molecule has 0 radical (unpaired) electrons. The number of fused-ring (bicyclic) bond motifs is 3. The van der Waals surface area contributed by atoms with Crippen molar-refractivity contribution in [2.75, 3.05) is 13.7 Å². The van der Waals surface area contributed by atoms with Crippen LogP contribution in [0.1, 0.15) is 50.3 Å². The van der Waals surface area contributed by atoms with Crippen LogP contribution in [0.4, 0.5) is 0 Å². The number of imide groups is 1. The Morgan fingerprint density at radius 1 is 0.957 bits per heavy atom. The molecule has 4 fully saturated rings. The van der Waals surface area contributed by atoms with E-state index < -0.39 is 0 Å². The minimum Gasteiger partial charge on any atom is -0.494 e. The number of rotatable bonds is 6. The van der Waals surface area contributed by atoms with Crippen LogP contribution in [-0.2, 0) is 13.6 Å². The molecule has 0 spiro atoms. The Morgan fingerprint density at radius 2 is 1.70 bits per heavy atom. The number of imidazole rings is 1. The average molecular weight is 612 g/mol. The topological polar surface area (TPSA) is 89.7 Å². The third-order valence-electron chi connectivity index (χ3n) is 11.6. The Labute approximate surface area is 265 Å². The molecular weight excluding hydrogens is 578 g/mol. The van der Waals surface area contributed by atoms with E-state index in [9.17, 15) is 14.4 Å². The molecule has 3 aromatic carbocycles. The van der Waals surface area contributed by atoms with Crippen LogP contribution in [0.25, 0.3) is 33.5 Å². The highest BCUT2D eigenvalue weighted by atomic mass is 16.5. The third-order valence-corrected chi connectivity index (χ3v) is 11.6. The number of hydrogen-bond acceptors (Lipinski definition) is 5. The molecule has 4 heterocycles. The summed E-state index contributed by atoms with van der Waals surface area (Å²) in [6.07, 6.45) is 3.44. The molecule has 3 aliphatic carbocycles. The van der Waals surface area contributed by atoms with Gasteiger partial charge in [-0.1, -0.05) is 30.3 Å². The van der Waals surface area contributed by atoms with Crippen LogP contribution in [0.5, 0.6) is 5.75 Å². The van der Waals surface area contributed by atoms with Crippen molar-refractivity contribution in [1.82, 2.24) is 23.9 Å². The van der Waals surface area contributed by atoms with Crippen LogP contribution >= 0.6 is 0 Å². The lowest BCUT2D eigenvalue weighted by atomic mass is 9.49. The number of carbonyl (C=O) groups excluding carboxylic acids is 3. The molecule has 1 unspecified atom stereocenters. The molecule has 0 bridgehead atoms. The van der Waals surface area contributed by atoms with Crippen molar-refractivity contribution in [3.05, 3.63) is 83.4 Å². The van der Waals surface area contributed by atoms with Crippen molar-refractivity contribution < 1.29 is 19.1 Å². The van der Waals surface area contributed by atoms with Gasteiger partial charge in [-0.05, 0) is 79.3 Å². The molecule has 0 N–H and O–H groups in total. The summed E-state index contributed by atoms with van der Waals surface area (Å²) in [7, 11) is 3.64. The molecule has 46 heavy (non-hydrogen) atoms. The summed E-state index contributed by atoms with van der Waals surface area (Å²) >= 11 is 0. The van der Waals surface area contributed by atoms with E-state index in [4.69, 9.17) is 9.72 Å². The molecular formula is C37H33N5O4. The number of nitrogens with zero attached hydrogens (tertiary/aromatic N) is 5. The highest BCUT2D eigenvalue weighted by Crippen LogP contribution is 2.63. The van der Waals surface area contributed by atoms with Gasteiger partial charge < -0.3 is 18.8 Å². The Morgan fingerprint density at radius 3 is 2.43 bits per heavy atom. The first-order valence-corrected chi connectivity index (χ1v) is 16.3. The third kappa shape index (κ3) is 3.35. The van der Waals surface area contributed by atoms with Gasteiger partial charge in [0, 0.05) is 36.6 Å². The molecule has 230 valence electrons. The Hall–Kier alpha value is -4.92. The Balaban J connectivity index is 1.02. The fraction of sp³-hybridized carbons (Fsp3) is 0.351. The number of aromatic nitrogens is 3. The van der Waals surface area contributed by atoms with Gasteiger partial charge in [0.25, 0.3) is 17.7 Å². The van der Waals surface area contributed by atoms with Crippen molar-refractivity contribution in [1.29, 1.82) is 0 Å². The lowest BCUT2D eigenvalue weighted by Gasteiger charge is -2.60. The maximum atomic E-state index is 14.4. The summed E-state index contributed by atoms with van der Waals surface area (Å²) in [4.78, 5) is 49.7. The maximum Gasteiger partial charge on any atom is 0.261 e. The summed E-state index contributed by atoms with van der Waals surface area (Å²) in [6.45, 7) is 1.60. The van der Waals surface area contributed by atoms with Crippen molar-refractivity contribution in [2.24, 2.45) is 30.7 Å². The van der Waals surface area contributed by atoms with Crippen molar-refractivity contribution >= 4 is 39.7 Å². The lowest BCUT2D eigenvalue weighted by Crippen LogP contribution is -2.71. The van der Waals surface area contributed by atoms with Crippen molar-refractivity contribution in [3.63, 3.8) is 0 Å². The smallest absolute Gasteiger partial charge is 0.261 e. The first-order valence-electron chi connectivity index (χ1n) is 16.3. The number of aryl methyl sites for hydroxylation is 1. The molecule has 1 saturated heterocycles. The zero-order valence-electron chi connectivity index (χ0n) is 25.7. The molecule has 2 aromatic heterocycles. The quantitative estimate of drug-likeness (QED) is 0.241. The fourth-order valence-corrected chi connectivity index (χ4v) is 9.19. The van der Waals surface area contributed by atoms with Gasteiger partial charge in [0.15, 0.2) is 5.82 Å². The van der Waals surface area contributed by atoms with E-state index in [2.05, 4.69) is 39.5 Å². The number of para-hydroxylation sites is 1. The van der Waals surface area contributed by atoms with Crippen molar-refractivity contribution in [3.8, 4) is 17.3 Å². The number of methoxy groups -OCH3 is 1. The number of carbonyl (C=O) groups is 3. The standard InChI is InChI=1S/C37H33N5O4/c1-39-32-26(38-34(39)28-15-20-7-3-6-10-27(20)40(28)17-19-11-12-19)14-21(16-29(32)46-2)35(43)41-18-22-13-25-30(22)33(41)31(25)42-36(44)23-8-4-5-9-24(23)37(42)45/h3-10,14-16,19,22,25,30-31,33H,11-13,17-18H2,1-2H3/t22-,25?,30+,31+,33+/m1/s1. The predicted octanol–water partition coefficient (Wildman–Crippen LogP) is 5.37. The second kappa shape index (κ2) is 9.09. The van der Waals surface area contributed by atoms with Gasteiger partial charge in [-0.15, -0.1) is 0 Å². The monoisotopic (exact) mass is 611 g/mol. The summed E-state index contributed by atoms with van der Waals surface area (Å²) in [5.41, 5.74) is 5.23. The molecule has 9 heteroatoms. The summed E-state index contributed by atoms with van der Waals surface area (Å²) in [6, 6.07) is 21.0. The van der Waals surface area contributed by atoms with Crippen LogP contribution in [0, 0.1) is 23.7 Å². The SMILES string of the molecule is COc1cc(C(=O)N2C[C@H]3CC4[C@H]3[C@H]2[C@H]4N2C(=O)c3ccccc3C2=O)cc2nc(-c3cc4ccccc4n3CC3CC3)n(C)c12. The molecule has 5 atom stereocenters. The van der Waals surface area contributed by atoms with Gasteiger partial charge in [0.1, 0.15) is 11.3 Å². The Kier molecular flexibility index (Phi) is 5.20. The highest BCUT2D eigenvalue weighted by Gasteiger charge is 2.71. The van der Waals surface area contributed by atoms with Gasteiger partial charge in [-0.3, -0.25) is 19.3 Å². The number of ether oxygens (including phenoxy) is 1. The van der Waals surface area contributed by atoms with E-state index in [-0.39, 0.29) is 35.7 Å². The van der Waals surface area contributed by atoms with E-state index in [0.717, 1.165) is 30.0 Å². The second-order valence-corrected chi connectivity index (χ2v) is 13.9. The van der Waals surface area contributed by atoms with E-state index >= 15 is 0 Å². The number of amides is 3.